The van der Waals surface area contributed by atoms with Crippen LogP contribution in [0.5, 0.6) is 0 Å². The molecule has 2 aromatic heterocycles. The zero-order valence-corrected chi connectivity index (χ0v) is 18.8. The number of aryl methyl sites for hydroxylation is 1. The molecule has 1 aliphatic carbocycles. The van der Waals surface area contributed by atoms with Crippen molar-refractivity contribution in [3.05, 3.63) is 65.5 Å². The Morgan fingerprint density at radius 2 is 2.06 bits per heavy atom. The predicted molar refractivity (Wildman–Crippen MR) is 126 cm³/mol. The van der Waals surface area contributed by atoms with Crippen molar-refractivity contribution in [2.45, 2.75) is 58.9 Å². The number of nitrogens with two attached hydrogens (primary N) is 1. The molecule has 4 rings (SSSR count). The van der Waals surface area contributed by atoms with Crippen molar-refractivity contribution in [2.75, 3.05) is 5.32 Å². The second kappa shape index (κ2) is 7.84. The summed E-state index contributed by atoms with van der Waals surface area (Å²) < 4.78 is 1.70. The maximum atomic E-state index is 12.9. The van der Waals surface area contributed by atoms with E-state index in [9.17, 15) is 4.79 Å². The summed E-state index contributed by atoms with van der Waals surface area (Å²) >= 11 is 0. The smallest absolute Gasteiger partial charge is 0.276 e. The Morgan fingerprint density at radius 3 is 2.77 bits per heavy atom. The van der Waals surface area contributed by atoms with Crippen LogP contribution in [0.4, 0.5) is 5.69 Å². The van der Waals surface area contributed by atoms with Gasteiger partial charge >= 0.3 is 0 Å². The number of benzene rings is 1. The zero-order chi connectivity index (χ0) is 22.2. The van der Waals surface area contributed by atoms with Gasteiger partial charge in [0.1, 0.15) is 5.84 Å². The van der Waals surface area contributed by atoms with E-state index in [4.69, 9.17) is 10.7 Å². The molecule has 1 amide bonds. The number of nitrogens with one attached hydrogen (secondary N) is 1. The topological polar surface area (TPSA) is 84.8 Å². The van der Waals surface area contributed by atoms with Crippen LogP contribution in [0, 0.1) is 5.41 Å². The molecule has 0 fully saturated rings. The van der Waals surface area contributed by atoms with Crippen molar-refractivity contribution < 1.29 is 4.79 Å². The van der Waals surface area contributed by atoms with Gasteiger partial charge in [0, 0.05) is 17.3 Å². The summed E-state index contributed by atoms with van der Waals surface area (Å²) in [6, 6.07) is 13.7. The minimum atomic E-state index is -0.352. The van der Waals surface area contributed by atoms with Gasteiger partial charge in [-0.15, -0.1) is 0 Å². The van der Waals surface area contributed by atoms with Crippen LogP contribution in [-0.2, 0) is 12.0 Å². The number of hydrogen-bond donors (Lipinski definition) is 2. The molecule has 3 aromatic rings. The summed E-state index contributed by atoms with van der Waals surface area (Å²) in [4.78, 5) is 17.9. The highest BCUT2D eigenvalue weighted by atomic mass is 16.1. The SMILES string of the molecule is CCC1(N=C(N)C(C)(C)C)CCCc2ccc(NC(=O)c3cc4ccccn4n3)cc21. The first-order chi connectivity index (χ1) is 14.7. The molecule has 0 saturated heterocycles. The third-order valence-corrected chi connectivity index (χ3v) is 6.20. The van der Waals surface area contributed by atoms with Gasteiger partial charge in [0.2, 0.25) is 0 Å². The lowest BCUT2D eigenvalue weighted by Crippen LogP contribution is -2.36. The molecule has 1 atom stereocenters. The maximum Gasteiger partial charge on any atom is 0.276 e. The Labute approximate surface area is 183 Å². The highest BCUT2D eigenvalue weighted by molar-refractivity contribution is 6.03. The largest absolute Gasteiger partial charge is 0.387 e. The van der Waals surface area contributed by atoms with E-state index in [0.717, 1.165) is 36.9 Å². The van der Waals surface area contributed by atoms with E-state index >= 15 is 0 Å². The second-order valence-electron chi connectivity index (χ2n) is 9.41. The summed E-state index contributed by atoms with van der Waals surface area (Å²) in [5, 5.41) is 7.39. The van der Waals surface area contributed by atoms with Crippen LogP contribution in [0.1, 0.15) is 68.6 Å². The number of carbonyl (C=O) groups is 1. The normalized spacial score (nSPS) is 19.3. The highest BCUT2D eigenvalue weighted by Gasteiger charge is 2.36. The van der Waals surface area contributed by atoms with Crippen molar-refractivity contribution in [3.63, 3.8) is 0 Å². The Kier molecular flexibility index (Phi) is 5.33. The molecule has 0 saturated carbocycles. The number of amidine groups is 1. The summed E-state index contributed by atoms with van der Waals surface area (Å²) in [5.41, 5.74) is 10.3. The van der Waals surface area contributed by atoms with Gasteiger partial charge in [-0.25, -0.2) is 4.52 Å². The van der Waals surface area contributed by atoms with E-state index in [2.05, 4.69) is 50.2 Å². The minimum absolute atomic E-state index is 0.186. The van der Waals surface area contributed by atoms with E-state index in [1.54, 1.807) is 10.6 Å². The average Bonchev–Trinajstić information content (AvgIpc) is 3.18. The Bertz CT molecular complexity index is 1120. The number of carbonyl (C=O) groups excluding carboxylic acids is 1. The molecule has 1 aliphatic rings. The van der Waals surface area contributed by atoms with Gasteiger partial charge in [-0.1, -0.05) is 39.8 Å². The van der Waals surface area contributed by atoms with Crippen LogP contribution < -0.4 is 11.1 Å². The molecule has 0 aliphatic heterocycles. The van der Waals surface area contributed by atoms with Gasteiger partial charge < -0.3 is 11.1 Å². The van der Waals surface area contributed by atoms with Crippen molar-refractivity contribution in [1.82, 2.24) is 9.61 Å². The molecule has 2 heterocycles. The fourth-order valence-electron chi connectivity index (χ4n) is 4.22. The van der Waals surface area contributed by atoms with E-state index in [0.29, 0.717) is 11.5 Å². The number of aliphatic imine (C=N–C) groups is 1. The first-order valence-corrected chi connectivity index (χ1v) is 11.0. The van der Waals surface area contributed by atoms with E-state index in [-0.39, 0.29) is 16.9 Å². The lowest BCUT2D eigenvalue weighted by Gasteiger charge is -2.37. The molecule has 31 heavy (non-hydrogen) atoms. The number of fused-ring (bicyclic) bond motifs is 2. The number of amides is 1. The van der Waals surface area contributed by atoms with Crippen molar-refractivity contribution in [2.24, 2.45) is 16.1 Å². The first kappa shape index (κ1) is 21.1. The summed E-state index contributed by atoms with van der Waals surface area (Å²) in [6.45, 7) is 8.43. The van der Waals surface area contributed by atoms with Gasteiger partial charge in [0.25, 0.3) is 5.91 Å². The number of hydrogen-bond acceptors (Lipinski definition) is 3. The molecule has 0 radical (unpaired) electrons. The molecule has 0 spiro atoms. The fraction of sp³-hybridized carbons (Fsp3) is 0.400. The quantitative estimate of drug-likeness (QED) is 0.466. The van der Waals surface area contributed by atoms with E-state index < -0.39 is 0 Å². The number of nitrogens with zero attached hydrogens (tertiary/aromatic N) is 3. The third kappa shape index (κ3) is 4.07. The van der Waals surface area contributed by atoms with E-state index in [1.165, 1.54) is 11.1 Å². The average molecular weight is 418 g/mol. The van der Waals surface area contributed by atoms with Gasteiger partial charge in [-0.2, -0.15) is 5.10 Å². The summed E-state index contributed by atoms with van der Waals surface area (Å²) in [7, 11) is 0. The molecule has 1 unspecified atom stereocenters. The molecule has 162 valence electrons. The van der Waals surface area contributed by atoms with Gasteiger partial charge in [-0.05, 0) is 67.1 Å². The summed E-state index contributed by atoms with van der Waals surface area (Å²) in [6.07, 6.45) is 5.74. The highest BCUT2D eigenvalue weighted by Crippen LogP contribution is 2.43. The lowest BCUT2D eigenvalue weighted by molar-refractivity contribution is 0.102. The summed E-state index contributed by atoms with van der Waals surface area (Å²) in [5.74, 6) is 0.445. The van der Waals surface area contributed by atoms with E-state index in [1.807, 2.05) is 30.5 Å². The fourth-order valence-corrected chi connectivity index (χ4v) is 4.22. The van der Waals surface area contributed by atoms with Gasteiger partial charge in [-0.3, -0.25) is 9.79 Å². The van der Waals surface area contributed by atoms with Gasteiger partial charge in [0.15, 0.2) is 5.69 Å². The molecule has 0 bridgehead atoms. The van der Waals surface area contributed by atoms with Crippen LogP contribution in [0.25, 0.3) is 5.52 Å². The molecule has 1 aromatic carbocycles. The molecular weight excluding hydrogens is 386 g/mol. The number of rotatable bonds is 4. The second-order valence-corrected chi connectivity index (χ2v) is 9.41. The zero-order valence-electron chi connectivity index (χ0n) is 18.8. The van der Waals surface area contributed by atoms with Crippen LogP contribution in [0.2, 0.25) is 0 Å². The Balaban J connectivity index is 1.67. The lowest BCUT2D eigenvalue weighted by atomic mass is 9.74. The molecule has 6 nitrogen and oxygen atoms in total. The standard InChI is InChI=1S/C25H31N5O/c1-5-25(28-23(26)24(2,3)4)13-8-9-17-11-12-18(15-20(17)25)27-22(31)21-16-19-10-6-7-14-30(19)29-21/h6-7,10-12,14-16H,5,8-9,13H2,1-4H3,(H2,26,28)(H,27,31). The molecular formula is C25H31N5O. The third-order valence-electron chi connectivity index (χ3n) is 6.20. The Hall–Kier alpha value is -3.15. The molecule has 3 N–H and O–H groups in total. The first-order valence-electron chi connectivity index (χ1n) is 11.0. The number of anilines is 1. The monoisotopic (exact) mass is 417 g/mol. The van der Waals surface area contributed by atoms with Crippen molar-refractivity contribution in [3.8, 4) is 0 Å². The van der Waals surface area contributed by atoms with Crippen LogP contribution in [-0.4, -0.2) is 21.4 Å². The molecule has 6 heteroatoms. The van der Waals surface area contributed by atoms with Crippen LogP contribution in [0.3, 0.4) is 0 Å². The van der Waals surface area contributed by atoms with Crippen LogP contribution in [0.15, 0.2) is 53.7 Å². The van der Waals surface area contributed by atoms with Crippen LogP contribution >= 0.6 is 0 Å². The van der Waals surface area contributed by atoms with Crippen molar-refractivity contribution >= 4 is 22.9 Å². The Morgan fingerprint density at radius 1 is 1.26 bits per heavy atom. The maximum absolute atomic E-state index is 12.9. The minimum Gasteiger partial charge on any atom is -0.387 e. The van der Waals surface area contributed by atoms with Gasteiger partial charge in [0.05, 0.1) is 11.1 Å². The number of aromatic nitrogens is 2. The van der Waals surface area contributed by atoms with Crippen molar-refractivity contribution in [1.29, 1.82) is 0 Å². The predicted octanol–water partition coefficient (Wildman–Crippen LogP) is 4.93. The number of pyridine rings is 1.